The average Bonchev–Trinajstić information content (AvgIpc) is 3.47. The minimum absolute atomic E-state index is 0.00391. The highest BCUT2D eigenvalue weighted by Crippen LogP contribution is 2.26. The topological polar surface area (TPSA) is 111 Å². The summed E-state index contributed by atoms with van der Waals surface area (Å²) in [5, 5.41) is 4.26. The number of hydrogen-bond donors (Lipinski definition) is 1. The summed E-state index contributed by atoms with van der Waals surface area (Å²) in [6.45, 7) is 1.33. The van der Waals surface area contributed by atoms with Crippen molar-refractivity contribution in [3.63, 3.8) is 0 Å². The van der Waals surface area contributed by atoms with Gasteiger partial charge in [-0.25, -0.2) is 13.1 Å². The Morgan fingerprint density at radius 2 is 1.90 bits per heavy atom. The van der Waals surface area contributed by atoms with Crippen LogP contribution in [0, 0.1) is 0 Å². The number of carbonyl (C=O) groups excluding carboxylic acids is 1. The number of nitrogens with one attached hydrogen (secondary N) is 1. The Balaban J connectivity index is 1.60. The number of carbonyl (C=O) groups is 1. The zero-order chi connectivity index (χ0) is 22.0. The Hall–Kier alpha value is -3.11. The van der Waals surface area contributed by atoms with E-state index in [0.29, 0.717) is 41.1 Å². The van der Waals surface area contributed by atoms with Gasteiger partial charge < -0.3 is 18.9 Å². The van der Waals surface area contributed by atoms with Crippen molar-refractivity contribution in [3.8, 4) is 11.5 Å². The van der Waals surface area contributed by atoms with Crippen LogP contribution in [0.5, 0.6) is 11.5 Å². The minimum atomic E-state index is -3.87. The van der Waals surface area contributed by atoms with Crippen LogP contribution in [0.25, 0.3) is 11.0 Å². The Bertz CT molecular complexity index is 1220. The van der Waals surface area contributed by atoms with Gasteiger partial charge in [0.15, 0.2) is 11.3 Å². The van der Waals surface area contributed by atoms with Gasteiger partial charge in [0.1, 0.15) is 11.5 Å². The number of amides is 1. The van der Waals surface area contributed by atoms with Crippen molar-refractivity contribution >= 4 is 26.9 Å². The molecule has 3 aromatic rings. The largest absolute Gasteiger partial charge is 0.497 e. The standard InChI is InChI=1S/C21H23N3O6S/c1-28-15-5-7-18(29-2)14(11-15)13-22-31(26,27)16-6-8-19-17(12-16)20(23-30-19)21(25)24-9-3-4-10-24/h5-8,11-12,22H,3-4,9-10,13H2,1-2H3. The molecule has 2 aromatic carbocycles. The number of aromatic nitrogens is 1. The third-order valence-corrected chi connectivity index (χ3v) is 6.69. The van der Waals surface area contributed by atoms with E-state index < -0.39 is 10.0 Å². The maximum atomic E-state index is 12.9. The van der Waals surface area contributed by atoms with E-state index in [4.69, 9.17) is 14.0 Å². The van der Waals surface area contributed by atoms with Gasteiger partial charge in [-0.1, -0.05) is 5.16 Å². The number of rotatable bonds is 7. The van der Waals surface area contributed by atoms with E-state index >= 15 is 0 Å². The highest BCUT2D eigenvalue weighted by Gasteiger charge is 2.26. The molecule has 1 aliphatic rings. The summed E-state index contributed by atoms with van der Waals surface area (Å²) in [7, 11) is -0.829. The van der Waals surface area contributed by atoms with Crippen LogP contribution in [-0.2, 0) is 16.6 Å². The second-order valence-electron chi connectivity index (χ2n) is 7.19. The molecule has 164 valence electrons. The normalized spacial score (nSPS) is 14.2. The summed E-state index contributed by atoms with van der Waals surface area (Å²) >= 11 is 0. The molecule has 1 saturated heterocycles. The summed E-state index contributed by atoms with van der Waals surface area (Å²) in [5.41, 5.74) is 1.11. The molecule has 1 aliphatic heterocycles. The van der Waals surface area contributed by atoms with Crippen molar-refractivity contribution in [2.75, 3.05) is 27.3 Å². The molecule has 0 unspecified atom stereocenters. The number of methoxy groups -OCH3 is 2. The summed E-state index contributed by atoms with van der Waals surface area (Å²) in [5.74, 6) is 0.877. The van der Waals surface area contributed by atoms with Crippen molar-refractivity contribution in [1.82, 2.24) is 14.8 Å². The summed E-state index contributed by atoms with van der Waals surface area (Å²) in [4.78, 5) is 14.5. The van der Waals surface area contributed by atoms with Gasteiger partial charge in [-0.3, -0.25) is 4.79 Å². The molecule has 4 rings (SSSR count). The fourth-order valence-corrected chi connectivity index (χ4v) is 4.62. The molecule has 0 bridgehead atoms. The first kappa shape index (κ1) is 21.1. The maximum Gasteiger partial charge on any atom is 0.276 e. The zero-order valence-electron chi connectivity index (χ0n) is 17.3. The number of benzene rings is 2. The van der Waals surface area contributed by atoms with Crippen LogP contribution in [0.15, 0.2) is 45.8 Å². The predicted octanol–water partition coefficient (Wildman–Crippen LogP) is 2.56. The number of hydrogen-bond acceptors (Lipinski definition) is 7. The molecule has 31 heavy (non-hydrogen) atoms. The highest BCUT2D eigenvalue weighted by molar-refractivity contribution is 7.89. The number of likely N-dealkylation sites (tertiary alicyclic amines) is 1. The van der Waals surface area contributed by atoms with Crippen molar-refractivity contribution in [2.24, 2.45) is 0 Å². The SMILES string of the molecule is COc1ccc(OC)c(CNS(=O)(=O)c2ccc3onc(C(=O)N4CCCC4)c3c2)c1. The molecule has 0 atom stereocenters. The van der Waals surface area contributed by atoms with E-state index in [1.54, 1.807) is 23.1 Å². The molecule has 0 radical (unpaired) electrons. The summed E-state index contributed by atoms with van der Waals surface area (Å²) < 4.78 is 44.2. The van der Waals surface area contributed by atoms with E-state index in [1.165, 1.54) is 32.4 Å². The van der Waals surface area contributed by atoms with Crippen LogP contribution in [0.4, 0.5) is 0 Å². The monoisotopic (exact) mass is 445 g/mol. The molecular formula is C21H23N3O6S. The Labute approximate surface area is 180 Å². The molecule has 1 amide bonds. The summed E-state index contributed by atoms with van der Waals surface area (Å²) in [6, 6.07) is 9.49. The van der Waals surface area contributed by atoms with Gasteiger partial charge in [0.25, 0.3) is 5.91 Å². The first-order valence-corrected chi connectivity index (χ1v) is 11.3. The molecule has 0 spiro atoms. The van der Waals surface area contributed by atoms with Gasteiger partial charge in [-0.15, -0.1) is 0 Å². The molecular weight excluding hydrogens is 422 g/mol. The predicted molar refractivity (Wildman–Crippen MR) is 113 cm³/mol. The number of nitrogens with zero attached hydrogens (tertiary/aromatic N) is 2. The van der Waals surface area contributed by atoms with Gasteiger partial charge in [0.05, 0.1) is 24.5 Å². The lowest BCUT2D eigenvalue weighted by Gasteiger charge is -2.13. The van der Waals surface area contributed by atoms with Gasteiger partial charge in [0.2, 0.25) is 10.0 Å². The second kappa shape index (κ2) is 8.56. The van der Waals surface area contributed by atoms with Gasteiger partial charge in [0, 0.05) is 25.2 Å². The molecule has 9 nitrogen and oxygen atoms in total. The van der Waals surface area contributed by atoms with E-state index in [0.717, 1.165) is 12.8 Å². The van der Waals surface area contributed by atoms with E-state index in [-0.39, 0.29) is 23.0 Å². The van der Waals surface area contributed by atoms with Crippen molar-refractivity contribution in [3.05, 3.63) is 47.7 Å². The number of fused-ring (bicyclic) bond motifs is 1. The van der Waals surface area contributed by atoms with E-state index in [2.05, 4.69) is 9.88 Å². The lowest BCUT2D eigenvalue weighted by molar-refractivity contribution is 0.0784. The van der Waals surface area contributed by atoms with E-state index in [1.807, 2.05) is 0 Å². The number of sulfonamides is 1. The van der Waals surface area contributed by atoms with Crippen LogP contribution >= 0.6 is 0 Å². The van der Waals surface area contributed by atoms with Crippen molar-refractivity contribution in [1.29, 1.82) is 0 Å². The molecule has 0 saturated carbocycles. The number of ether oxygens (including phenoxy) is 2. The van der Waals surface area contributed by atoms with Gasteiger partial charge >= 0.3 is 0 Å². The fraction of sp³-hybridized carbons (Fsp3) is 0.333. The Morgan fingerprint density at radius 1 is 1.13 bits per heavy atom. The van der Waals surface area contributed by atoms with Crippen LogP contribution in [0.1, 0.15) is 28.9 Å². The summed E-state index contributed by atoms with van der Waals surface area (Å²) in [6.07, 6.45) is 1.89. The van der Waals surface area contributed by atoms with Crippen LogP contribution in [0.2, 0.25) is 0 Å². The molecule has 2 heterocycles. The maximum absolute atomic E-state index is 12.9. The van der Waals surface area contributed by atoms with Crippen molar-refractivity contribution < 1.29 is 27.2 Å². The molecule has 0 aliphatic carbocycles. The quantitative estimate of drug-likeness (QED) is 0.595. The Morgan fingerprint density at radius 3 is 2.61 bits per heavy atom. The zero-order valence-corrected chi connectivity index (χ0v) is 18.1. The Kier molecular flexibility index (Phi) is 5.84. The van der Waals surface area contributed by atoms with Gasteiger partial charge in [-0.2, -0.15) is 0 Å². The lowest BCUT2D eigenvalue weighted by atomic mass is 10.2. The first-order chi connectivity index (χ1) is 14.9. The van der Waals surface area contributed by atoms with Gasteiger partial charge in [-0.05, 0) is 49.2 Å². The molecule has 1 aromatic heterocycles. The van der Waals surface area contributed by atoms with Crippen LogP contribution in [0.3, 0.4) is 0 Å². The second-order valence-corrected chi connectivity index (χ2v) is 8.96. The first-order valence-electron chi connectivity index (χ1n) is 9.82. The fourth-order valence-electron chi connectivity index (χ4n) is 3.59. The highest BCUT2D eigenvalue weighted by atomic mass is 32.2. The van der Waals surface area contributed by atoms with E-state index in [9.17, 15) is 13.2 Å². The average molecular weight is 445 g/mol. The van der Waals surface area contributed by atoms with Crippen LogP contribution < -0.4 is 14.2 Å². The smallest absolute Gasteiger partial charge is 0.276 e. The molecule has 1 N–H and O–H groups in total. The third kappa shape index (κ3) is 4.21. The van der Waals surface area contributed by atoms with Crippen molar-refractivity contribution in [2.45, 2.75) is 24.3 Å². The molecule has 10 heteroatoms. The third-order valence-electron chi connectivity index (χ3n) is 5.29. The molecule has 1 fully saturated rings. The lowest BCUT2D eigenvalue weighted by Crippen LogP contribution is -2.28. The van der Waals surface area contributed by atoms with Crippen LogP contribution in [-0.4, -0.2) is 51.7 Å². The minimum Gasteiger partial charge on any atom is -0.497 e.